The highest BCUT2D eigenvalue weighted by atomic mass is 32.2. The second-order valence-electron chi connectivity index (χ2n) is 8.71. The summed E-state index contributed by atoms with van der Waals surface area (Å²) < 4.78 is 12.5. The van der Waals surface area contributed by atoms with Gasteiger partial charge in [0.2, 0.25) is 5.91 Å². The highest BCUT2D eigenvalue weighted by Crippen LogP contribution is 2.34. The number of methoxy groups -OCH3 is 1. The van der Waals surface area contributed by atoms with Crippen LogP contribution < -0.4 is 15.6 Å². The van der Waals surface area contributed by atoms with E-state index in [-0.39, 0.29) is 23.3 Å². The number of carbonyl (C=O) groups excluding carboxylic acids is 1. The zero-order chi connectivity index (χ0) is 23.5. The van der Waals surface area contributed by atoms with Gasteiger partial charge in [0.1, 0.15) is 10.6 Å². The van der Waals surface area contributed by atoms with Crippen LogP contribution in [0.2, 0.25) is 0 Å². The first-order valence-electron chi connectivity index (χ1n) is 11.9. The molecule has 0 radical (unpaired) electrons. The molecule has 180 valence electrons. The minimum atomic E-state index is -0.0851. The minimum Gasteiger partial charge on any atom is -0.497 e. The van der Waals surface area contributed by atoms with Crippen molar-refractivity contribution in [3.8, 4) is 11.4 Å². The number of ether oxygens (including phenoxy) is 2. The molecule has 1 N–H and O–H groups in total. The predicted octanol–water partition coefficient (Wildman–Crippen LogP) is 4.11. The Kier molecular flexibility index (Phi) is 7.22. The zero-order valence-corrected chi connectivity index (χ0v) is 20.9. The van der Waals surface area contributed by atoms with E-state index in [9.17, 15) is 9.59 Å². The van der Waals surface area contributed by atoms with Crippen LogP contribution in [0.15, 0.2) is 34.2 Å². The number of rotatable bonds is 7. The van der Waals surface area contributed by atoms with Crippen LogP contribution in [0.25, 0.3) is 15.9 Å². The fraction of sp³-hybridized carbons (Fsp3) is 0.480. The lowest BCUT2D eigenvalue weighted by molar-refractivity contribution is -0.119. The number of carbonyl (C=O) groups is 1. The first-order valence-corrected chi connectivity index (χ1v) is 13.7. The fourth-order valence-corrected chi connectivity index (χ4v) is 6.78. The third-order valence-corrected chi connectivity index (χ3v) is 8.55. The van der Waals surface area contributed by atoms with Crippen molar-refractivity contribution < 1.29 is 14.3 Å². The van der Waals surface area contributed by atoms with Crippen molar-refractivity contribution >= 4 is 39.2 Å². The van der Waals surface area contributed by atoms with Crippen molar-refractivity contribution in [3.63, 3.8) is 0 Å². The van der Waals surface area contributed by atoms with Crippen molar-refractivity contribution in [2.75, 3.05) is 26.0 Å². The first kappa shape index (κ1) is 23.4. The van der Waals surface area contributed by atoms with Gasteiger partial charge in [-0.05, 0) is 68.4 Å². The van der Waals surface area contributed by atoms with E-state index in [1.54, 1.807) is 23.0 Å². The minimum absolute atomic E-state index is 0.0585. The molecule has 0 bridgehead atoms. The summed E-state index contributed by atoms with van der Waals surface area (Å²) in [6.45, 7) is 1.28. The summed E-state index contributed by atoms with van der Waals surface area (Å²) in [4.78, 5) is 33.4. The Hall–Kier alpha value is -2.36. The molecule has 1 aliphatic heterocycles. The highest BCUT2D eigenvalue weighted by molar-refractivity contribution is 7.99. The van der Waals surface area contributed by atoms with Gasteiger partial charge >= 0.3 is 0 Å². The maximum Gasteiger partial charge on any atom is 0.267 e. The molecule has 1 amide bonds. The van der Waals surface area contributed by atoms with E-state index in [1.807, 2.05) is 24.3 Å². The van der Waals surface area contributed by atoms with Gasteiger partial charge in [-0.3, -0.25) is 14.2 Å². The van der Waals surface area contributed by atoms with E-state index in [4.69, 9.17) is 14.5 Å². The molecule has 5 rings (SSSR count). The van der Waals surface area contributed by atoms with E-state index >= 15 is 0 Å². The summed E-state index contributed by atoms with van der Waals surface area (Å²) in [5.74, 6) is 0.822. The zero-order valence-electron chi connectivity index (χ0n) is 19.3. The Bertz CT molecular complexity index is 1230. The second kappa shape index (κ2) is 10.5. The van der Waals surface area contributed by atoms with Gasteiger partial charge in [-0.1, -0.05) is 18.2 Å². The number of benzene rings is 1. The molecule has 1 saturated heterocycles. The summed E-state index contributed by atoms with van der Waals surface area (Å²) in [5.41, 5.74) is 1.83. The molecule has 1 atom stereocenters. The molecule has 34 heavy (non-hydrogen) atoms. The molecule has 1 aromatic carbocycles. The molecule has 2 aliphatic rings. The van der Waals surface area contributed by atoms with E-state index in [0.29, 0.717) is 11.7 Å². The summed E-state index contributed by atoms with van der Waals surface area (Å²) >= 11 is 2.93. The van der Waals surface area contributed by atoms with Gasteiger partial charge in [-0.15, -0.1) is 11.3 Å². The predicted molar refractivity (Wildman–Crippen MR) is 136 cm³/mol. The van der Waals surface area contributed by atoms with Gasteiger partial charge < -0.3 is 14.8 Å². The summed E-state index contributed by atoms with van der Waals surface area (Å²) in [7, 11) is 1.62. The Morgan fingerprint density at radius 1 is 1.24 bits per heavy atom. The number of thiophene rings is 1. The normalized spacial score (nSPS) is 18.0. The maximum atomic E-state index is 13.9. The molecule has 7 nitrogen and oxygen atoms in total. The maximum absolute atomic E-state index is 13.9. The SMILES string of the molecule is COc1ccc(-n2c(SCC(=O)NCC3CCCO3)nc3sc4c(c3c2=O)CCCCC4)cc1. The molecule has 1 fully saturated rings. The Balaban J connectivity index is 1.48. The quantitative estimate of drug-likeness (QED) is 0.299. The van der Waals surface area contributed by atoms with Crippen molar-refractivity contribution in [1.82, 2.24) is 14.9 Å². The molecule has 9 heteroatoms. The molecule has 3 aromatic rings. The van der Waals surface area contributed by atoms with Gasteiger partial charge in [0, 0.05) is 18.0 Å². The first-order chi connectivity index (χ1) is 16.6. The fourth-order valence-electron chi connectivity index (χ4n) is 4.63. The van der Waals surface area contributed by atoms with Gasteiger partial charge in [0.05, 0.1) is 30.0 Å². The van der Waals surface area contributed by atoms with E-state index < -0.39 is 0 Å². The molecule has 0 spiro atoms. The van der Waals surface area contributed by atoms with E-state index in [2.05, 4.69) is 5.32 Å². The van der Waals surface area contributed by atoms with Crippen LogP contribution >= 0.6 is 23.1 Å². The molecular formula is C25H29N3O4S2. The third-order valence-electron chi connectivity index (χ3n) is 6.42. The number of fused-ring (bicyclic) bond motifs is 3. The van der Waals surface area contributed by atoms with Crippen molar-refractivity contribution in [1.29, 1.82) is 0 Å². The Morgan fingerprint density at radius 2 is 2.06 bits per heavy atom. The van der Waals surface area contributed by atoms with E-state index in [1.165, 1.54) is 28.6 Å². The molecule has 2 aromatic heterocycles. The number of amides is 1. The van der Waals surface area contributed by atoms with Crippen LogP contribution in [-0.4, -0.2) is 47.6 Å². The largest absolute Gasteiger partial charge is 0.497 e. The number of hydrogen-bond acceptors (Lipinski definition) is 7. The standard InChI is InChI=1S/C25H29N3O4S2/c1-31-17-11-9-16(10-12-17)28-24(30)22-19-7-3-2-4-8-20(19)34-23(22)27-25(28)33-15-21(29)26-14-18-6-5-13-32-18/h9-12,18H,2-8,13-15H2,1H3,(H,26,29). The number of aryl methyl sites for hydroxylation is 2. The second-order valence-corrected chi connectivity index (χ2v) is 10.7. The van der Waals surface area contributed by atoms with Crippen LogP contribution in [0.4, 0.5) is 0 Å². The van der Waals surface area contributed by atoms with Crippen LogP contribution in [0.5, 0.6) is 5.75 Å². The average molecular weight is 500 g/mol. The molecule has 3 heterocycles. The van der Waals surface area contributed by atoms with Crippen molar-refractivity contribution in [2.24, 2.45) is 0 Å². The van der Waals surface area contributed by atoms with Crippen LogP contribution in [-0.2, 0) is 22.4 Å². The van der Waals surface area contributed by atoms with Crippen LogP contribution in [0, 0.1) is 0 Å². The number of nitrogens with zero attached hydrogens (tertiary/aromatic N) is 2. The molecule has 0 saturated carbocycles. The van der Waals surface area contributed by atoms with Crippen molar-refractivity contribution in [2.45, 2.75) is 56.2 Å². The third kappa shape index (κ3) is 4.87. The monoisotopic (exact) mass is 499 g/mol. The molecule has 1 unspecified atom stereocenters. The van der Waals surface area contributed by atoms with Crippen LogP contribution in [0.3, 0.4) is 0 Å². The van der Waals surface area contributed by atoms with Gasteiger partial charge in [0.25, 0.3) is 5.56 Å². The number of nitrogens with one attached hydrogen (secondary N) is 1. The summed E-state index contributed by atoms with van der Waals surface area (Å²) in [5, 5.41) is 4.23. The number of aromatic nitrogens is 2. The Labute approximate surface area is 206 Å². The van der Waals surface area contributed by atoms with Crippen molar-refractivity contribution in [3.05, 3.63) is 45.1 Å². The van der Waals surface area contributed by atoms with Gasteiger partial charge in [-0.2, -0.15) is 0 Å². The molecule has 1 aliphatic carbocycles. The highest BCUT2D eigenvalue weighted by Gasteiger charge is 2.23. The average Bonchev–Trinajstić information content (AvgIpc) is 3.44. The molecular weight excluding hydrogens is 470 g/mol. The summed E-state index contributed by atoms with van der Waals surface area (Å²) in [6, 6.07) is 7.40. The lowest BCUT2D eigenvalue weighted by Gasteiger charge is -2.14. The Morgan fingerprint density at radius 3 is 2.82 bits per heavy atom. The van der Waals surface area contributed by atoms with Gasteiger partial charge in [0.15, 0.2) is 5.16 Å². The van der Waals surface area contributed by atoms with Crippen LogP contribution in [0.1, 0.15) is 42.5 Å². The van der Waals surface area contributed by atoms with E-state index in [0.717, 1.165) is 66.8 Å². The number of hydrogen-bond donors (Lipinski definition) is 1. The van der Waals surface area contributed by atoms with Gasteiger partial charge in [-0.25, -0.2) is 4.98 Å². The number of thioether (sulfide) groups is 1. The summed E-state index contributed by atoms with van der Waals surface area (Å²) in [6.07, 6.45) is 7.49. The topological polar surface area (TPSA) is 82.4 Å². The smallest absolute Gasteiger partial charge is 0.267 e. The lowest BCUT2D eigenvalue weighted by Crippen LogP contribution is -2.33. The lowest BCUT2D eigenvalue weighted by atomic mass is 10.1.